The average molecular weight is 417 g/mol. The highest BCUT2D eigenvalue weighted by atomic mass is 32.2. The van der Waals surface area contributed by atoms with Gasteiger partial charge in [0.1, 0.15) is 11.8 Å². The van der Waals surface area contributed by atoms with Gasteiger partial charge in [0.2, 0.25) is 15.9 Å². The number of fused-ring (bicyclic) bond motifs is 5. The molecule has 2 aromatic carbocycles. The molecule has 0 saturated carbocycles. The molecule has 152 valence electrons. The Morgan fingerprint density at radius 2 is 1.93 bits per heavy atom. The summed E-state index contributed by atoms with van der Waals surface area (Å²) >= 11 is 0. The van der Waals surface area contributed by atoms with Crippen molar-refractivity contribution >= 4 is 21.6 Å². The molecule has 9 nitrogen and oxygen atoms in total. The van der Waals surface area contributed by atoms with E-state index in [-0.39, 0.29) is 35.5 Å². The van der Waals surface area contributed by atoms with Crippen LogP contribution < -0.4 is 10.1 Å². The Morgan fingerprint density at radius 1 is 1.21 bits per heavy atom. The van der Waals surface area contributed by atoms with Gasteiger partial charge in [-0.3, -0.25) is 14.9 Å². The zero-order valence-electron chi connectivity index (χ0n) is 15.6. The van der Waals surface area contributed by atoms with Gasteiger partial charge in [-0.25, -0.2) is 8.42 Å². The summed E-state index contributed by atoms with van der Waals surface area (Å²) in [7, 11) is -2.45. The molecule has 0 aliphatic carbocycles. The Balaban J connectivity index is 1.75. The number of benzene rings is 2. The zero-order valence-corrected chi connectivity index (χ0v) is 16.4. The Morgan fingerprint density at radius 3 is 2.59 bits per heavy atom. The van der Waals surface area contributed by atoms with E-state index in [0.29, 0.717) is 12.2 Å². The normalized spacial score (nSPS) is 21.6. The molecule has 2 aliphatic rings. The van der Waals surface area contributed by atoms with Crippen molar-refractivity contribution in [3.63, 3.8) is 0 Å². The van der Waals surface area contributed by atoms with E-state index in [1.807, 2.05) is 18.2 Å². The molecule has 2 atom stereocenters. The van der Waals surface area contributed by atoms with Gasteiger partial charge in [0, 0.05) is 24.2 Å². The Bertz CT molecular complexity index is 1080. The monoisotopic (exact) mass is 417 g/mol. The van der Waals surface area contributed by atoms with Crippen LogP contribution in [-0.2, 0) is 21.2 Å². The number of amides is 1. The standard InChI is InChI=1S/C19H19N3O6S/c1-28-17-4-2-3-12-11-16-19(23)20-15(18(12)17)9-10-21(16)29(26,27)14-7-5-13(6-8-14)22(24)25/h2-8,15-16H,9-11H2,1H3,(H,20,23)/t15-,16+/m1/s1. The summed E-state index contributed by atoms with van der Waals surface area (Å²) in [5.41, 5.74) is 1.55. The molecule has 1 fully saturated rings. The van der Waals surface area contributed by atoms with Crippen molar-refractivity contribution in [1.82, 2.24) is 9.62 Å². The van der Waals surface area contributed by atoms with E-state index >= 15 is 0 Å². The molecule has 0 unspecified atom stereocenters. The highest BCUT2D eigenvalue weighted by molar-refractivity contribution is 7.89. The summed E-state index contributed by atoms with van der Waals surface area (Å²) in [6.07, 6.45) is 0.614. The molecule has 4 rings (SSSR count). The van der Waals surface area contributed by atoms with Gasteiger partial charge in [-0.05, 0) is 36.6 Å². The predicted octanol–water partition coefficient (Wildman–Crippen LogP) is 1.78. The number of carbonyl (C=O) groups excluding carboxylic acids is 1. The maximum absolute atomic E-state index is 13.3. The lowest BCUT2D eigenvalue weighted by molar-refractivity contribution is -0.384. The number of ether oxygens (including phenoxy) is 1. The van der Waals surface area contributed by atoms with E-state index in [0.717, 1.165) is 23.3 Å². The Kier molecular flexibility index (Phi) is 4.75. The van der Waals surface area contributed by atoms with E-state index in [2.05, 4.69) is 5.32 Å². The minimum atomic E-state index is -4.01. The molecule has 0 spiro atoms. The van der Waals surface area contributed by atoms with E-state index in [4.69, 9.17) is 4.74 Å². The molecule has 29 heavy (non-hydrogen) atoms. The number of nitrogens with zero attached hydrogens (tertiary/aromatic N) is 2. The van der Waals surface area contributed by atoms with Gasteiger partial charge in [0.05, 0.1) is 23.0 Å². The third-order valence-corrected chi connectivity index (χ3v) is 7.32. The van der Waals surface area contributed by atoms with E-state index < -0.39 is 21.0 Å². The Labute approximate surface area is 167 Å². The van der Waals surface area contributed by atoms with Crippen LogP contribution in [0.4, 0.5) is 5.69 Å². The van der Waals surface area contributed by atoms with Crippen molar-refractivity contribution in [3.8, 4) is 5.75 Å². The molecule has 0 aromatic heterocycles. The second-order valence-electron chi connectivity index (χ2n) is 6.97. The van der Waals surface area contributed by atoms with Gasteiger partial charge < -0.3 is 10.1 Å². The van der Waals surface area contributed by atoms with E-state index in [1.54, 1.807) is 7.11 Å². The highest BCUT2D eigenvalue weighted by Gasteiger charge is 2.43. The number of rotatable bonds is 4. The van der Waals surface area contributed by atoms with E-state index in [9.17, 15) is 23.3 Å². The number of nitro groups is 1. The summed E-state index contributed by atoms with van der Waals surface area (Å²) in [4.78, 5) is 23.0. The fraction of sp³-hybridized carbons (Fsp3) is 0.316. The number of nitrogens with one attached hydrogen (secondary N) is 1. The van der Waals surface area contributed by atoms with Gasteiger partial charge >= 0.3 is 0 Å². The summed E-state index contributed by atoms with van der Waals surface area (Å²) in [6, 6.07) is 8.96. The van der Waals surface area contributed by atoms with Gasteiger partial charge in [-0.1, -0.05) is 12.1 Å². The molecule has 0 radical (unpaired) electrons. The van der Waals surface area contributed by atoms with Gasteiger partial charge in [0.25, 0.3) is 5.69 Å². The molecule has 2 heterocycles. The number of non-ortho nitro benzene ring substituents is 1. The minimum Gasteiger partial charge on any atom is -0.496 e. The zero-order chi connectivity index (χ0) is 20.8. The fourth-order valence-electron chi connectivity index (χ4n) is 4.01. The average Bonchev–Trinajstić information content (AvgIpc) is 2.94. The molecule has 1 amide bonds. The van der Waals surface area contributed by atoms with Crippen molar-refractivity contribution in [2.75, 3.05) is 13.7 Å². The molecular formula is C19H19N3O6S. The quantitative estimate of drug-likeness (QED) is 0.598. The molecule has 10 heteroatoms. The number of hydrogen-bond donors (Lipinski definition) is 1. The van der Waals surface area contributed by atoms with Crippen molar-refractivity contribution in [2.45, 2.75) is 29.8 Å². The highest BCUT2D eigenvalue weighted by Crippen LogP contribution is 2.38. The van der Waals surface area contributed by atoms with Crippen molar-refractivity contribution in [2.24, 2.45) is 0 Å². The topological polar surface area (TPSA) is 119 Å². The number of hydrogen-bond acceptors (Lipinski definition) is 6. The van der Waals surface area contributed by atoms with E-state index in [1.165, 1.54) is 16.4 Å². The first kappa shape index (κ1) is 19.3. The van der Waals surface area contributed by atoms with Crippen molar-refractivity contribution < 1.29 is 22.9 Å². The first-order valence-corrected chi connectivity index (χ1v) is 10.5. The lowest BCUT2D eigenvalue weighted by Gasteiger charge is -2.29. The fourth-order valence-corrected chi connectivity index (χ4v) is 5.61. The summed E-state index contributed by atoms with van der Waals surface area (Å²) in [6.45, 7) is 0.144. The maximum atomic E-state index is 13.3. The first-order valence-electron chi connectivity index (χ1n) is 9.05. The number of nitro benzene ring substituents is 1. The van der Waals surface area contributed by atoms with Crippen LogP contribution in [0.15, 0.2) is 47.4 Å². The largest absolute Gasteiger partial charge is 0.496 e. The second kappa shape index (κ2) is 7.12. The van der Waals surface area contributed by atoms with Gasteiger partial charge in [-0.15, -0.1) is 0 Å². The predicted molar refractivity (Wildman–Crippen MR) is 103 cm³/mol. The van der Waals surface area contributed by atoms with Crippen LogP contribution in [0.2, 0.25) is 0 Å². The number of sulfonamides is 1. The summed E-state index contributed by atoms with van der Waals surface area (Å²) in [5.74, 6) is 0.302. The molecule has 2 aliphatic heterocycles. The maximum Gasteiger partial charge on any atom is 0.269 e. The SMILES string of the molecule is COc1cccc2c1[C@H]1CCN(S(=O)(=O)c3ccc([N+](=O)[O-])cc3)[C@@H](C2)C(=O)N1. The molecule has 2 bridgehead atoms. The van der Waals surface area contributed by atoms with Gasteiger partial charge in [0.15, 0.2) is 0 Å². The van der Waals surface area contributed by atoms with Crippen LogP contribution in [0.3, 0.4) is 0 Å². The number of methoxy groups -OCH3 is 1. The van der Waals surface area contributed by atoms with Crippen LogP contribution in [0.5, 0.6) is 5.75 Å². The molecule has 1 saturated heterocycles. The summed E-state index contributed by atoms with van der Waals surface area (Å²) < 4.78 is 33.2. The van der Waals surface area contributed by atoms with Gasteiger partial charge in [-0.2, -0.15) is 4.31 Å². The van der Waals surface area contributed by atoms with Crippen LogP contribution in [0.25, 0.3) is 0 Å². The molecule has 2 aromatic rings. The smallest absolute Gasteiger partial charge is 0.269 e. The van der Waals surface area contributed by atoms with Crippen molar-refractivity contribution in [1.29, 1.82) is 0 Å². The third-order valence-electron chi connectivity index (χ3n) is 5.40. The number of carbonyl (C=O) groups is 1. The molecule has 1 N–H and O–H groups in total. The first-order chi connectivity index (χ1) is 13.8. The van der Waals surface area contributed by atoms with Crippen LogP contribution >= 0.6 is 0 Å². The van der Waals surface area contributed by atoms with Crippen LogP contribution in [0.1, 0.15) is 23.6 Å². The lowest BCUT2D eigenvalue weighted by Crippen LogP contribution is -2.47. The minimum absolute atomic E-state index is 0.0780. The third kappa shape index (κ3) is 3.23. The van der Waals surface area contributed by atoms with Crippen LogP contribution in [-0.4, -0.2) is 43.2 Å². The lowest BCUT2D eigenvalue weighted by atomic mass is 9.93. The van der Waals surface area contributed by atoms with Crippen LogP contribution in [0, 0.1) is 10.1 Å². The Hall–Kier alpha value is -2.98. The molecular weight excluding hydrogens is 398 g/mol. The van der Waals surface area contributed by atoms with Crippen molar-refractivity contribution in [3.05, 3.63) is 63.7 Å². The second-order valence-corrected chi connectivity index (χ2v) is 8.86. The summed E-state index contributed by atoms with van der Waals surface area (Å²) in [5, 5.41) is 13.8.